The van der Waals surface area contributed by atoms with E-state index in [2.05, 4.69) is 0 Å². The van der Waals surface area contributed by atoms with Gasteiger partial charge in [-0.15, -0.1) is 0 Å². The Morgan fingerprint density at radius 3 is 1.93 bits per heavy atom. The number of aromatic hydroxyl groups is 3. The molecule has 28 heavy (non-hydrogen) atoms. The van der Waals surface area contributed by atoms with Crippen molar-refractivity contribution in [2.24, 2.45) is 0 Å². The maximum Gasteiger partial charge on any atom is 0.126 e. The minimum absolute atomic E-state index is 0.283. The molecule has 0 fully saturated rings. The predicted molar refractivity (Wildman–Crippen MR) is 114 cm³/mol. The highest BCUT2D eigenvalue weighted by atomic mass is 16.5. The van der Waals surface area contributed by atoms with E-state index in [1.54, 1.807) is 42.5 Å². The van der Waals surface area contributed by atoms with E-state index in [9.17, 15) is 0 Å². The number of phenolic OH excluding ortho intramolecular Hbond substituents is 3. The van der Waals surface area contributed by atoms with Gasteiger partial charge in [0.2, 0.25) is 0 Å². The molecule has 0 radical (unpaired) electrons. The molecule has 0 unspecified atom stereocenters. The highest BCUT2D eigenvalue weighted by Gasteiger charge is 2.09. The number of benzene rings is 3. The zero-order valence-corrected chi connectivity index (χ0v) is 16.8. The van der Waals surface area contributed by atoms with Gasteiger partial charge in [0.05, 0.1) is 6.61 Å². The Balaban J connectivity index is 0.000000207. The number of hydrogen-bond acceptors (Lipinski definition) is 4. The summed E-state index contributed by atoms with van der Waals surface area (Å²) in [5, 5.41) is 26.7. The van der Waals surface area contributed by atoms with E-state index < -0.39 is 0 Å². The first-order chi connectivity index (χ1) is 13.6. The van der Waals surface area contributed by atoms with Crippen LogP contribution in [0.3, 0.4) is 0 Å². The first kappa shape index (κ1) is 22.9. The van der Waals surface area contributed by atoms with Crippen LogP contribution in [-0.4, -0.2) is 21.9 Å². The lowest BCUT2D eigenvalue weighted by Gasteiger charge is -2.16. The summed E-state index contributed by atoms with van der Waals surface area (Å²) in [5.41, 5.74) is 2.13. The number of rotatable bonds is 0. The largest absolute Gasteiger partial charge is 0.508 e. The summed E-state index contributed by atoms with van der Waals surface area (Å²) >= 11 is 0. The summed E-state index contributed by atoms with van der Waals surface area (Å²) in [6.45, 7) is 6.64. The van der Waals surface area contributed by atoms with Crippen molar-refractivity contribution >= 4 is 0 Å². The van der Waals surface area contributed by atoms with Crippen molar-refractivity contribution in [1.82, 2.24) is 0 Å². The average molecular weight is 383 g/mol. The molecule has 3 aromatic carbocycles. The molecule has 0 saturated carbocycles. The highest BCUT2D eigenvalue weighted by Crippen LogP contribution is 2.27. The topological polar surface area (TPSA) is 69.9 Å². The molecule has 0 atom stereocenters. The van der Waals surface area contributed by atoms with Gasteiger partial charge in [0.1, 0.15) is 23.0 Å². The molecule has 4 heteroatoms. The molecule has 4 rings (SSSR count). The quantitative estimate of drug-likeness (QED) is 0.457. The summed E-state index contributed by atoms with van der Waals surface area (Å²) in [6, 6.07) is 21.3. The Morgan fingerprint density at radius 2 is 1.39 bits per heavy atom. The lowest BCUT2D eigenvalue weighted by molar-refractivity contribution is 0.286. The molecule has 4 nitrogen and oxygen atoms in total. The van der Waals surface area contributed by atoms with Gasteiger partial charge in [-0.1, -0.05) is 56.3 Å². The highest BCUT2D eigenvalue weighted by molar-refractivity contribution is 5.40. The molecular formula is C24H30O4. The first-order valence-corrected chi connectivity index (χ1v) is 9.49. The summed E-state index contributed by atoms with van der Waals surface area (Å²) in [5.74, 6) is 1.82. The van der Waals surface area contributed by atoms with Crippen LogP contribution in [0.25, 0.3) is 0 Å². The van der Waals surface area contributed by atoms with Crippen molar-refractivity contribution in [2.75, 3.05) is 6.61 Å². The second-order valence-electron chi connectivity index (χ2n) is 5.87. The van der Waals surface area contributed by atoms with E-state index in [4.69, 9.17) is 20.1 Å². The minimum Gasteiger partial charge on any atom is -0.508 e. The normalized spacial score (nSPS) is 11.0. The molecule has 0 spiro atoms. The number of fused-ring (bicyclic) bond motifs is 1. The Bertz CT molecular complexity index is 780. The molecule has 150 valence electrons. The lowest BCUT2D eigenvalue weighted by atomic mass is 10.1. The van der Waals surface area contributed by atoms with Crippen molar-refractivity contribution in [1.29, 1.82) is 0 Å². The molecule has 0 aliphatic carbocycles. The van der Waals surface area contributed by atoms with Crippen molar-refractivity contribution in [3.05, 3.63) is 83.9 Å². The molecule has 1 heterocycles. The molecule has 0 aromatic heterocycles. The summed E-state index contributed by atoms with van der Waals surface area (Å²) in [6.07, 6.45) is 2.15. The smallest absolute Gasteiger partial charge is 0.126 e. The van der Waals surface area contributed by atoms with Crippen molar-refractivity contribution in [3.63, 3.8) is 0 Å². The number of hydrogen-bond donors (Lipinski definition) is 3. The van der Waals surface area contributed by atoms with Crippen LogP contribution in [0.4, 0.5) is 0 Å². The van der Waals surface area contributed by atoms with E-state index in [1.165, 1.54) is 5.56 Å². The van der Waals surface area contributed by atoms with Gasteiger partial charge in [-0.3, -0.25) is 0 Å². The Labute approximate surface area is 167 Å². The van der Waals surface area contributed by atoms with E-state index in [0.29, 0.717) is 11.5 Å². The number of phenols is 3. The number of para-hydroxylation sites is 2. The summed E-state index contributed by atoms with van der Waals surface area (Å²) < 4.78 is 5.34. The third-order valence-electron chi connectivity index (χ3n) is 3.77. The molecular weight excluding hydrogens is 352 g/mol. The standard InChI is InChI=1S/C9H10O2.C7H8O.C6H6O.C2H6/c10-8-4-3-7-2-1-5-11-9(7)6-8;1-6-4-2-3-5-7(6)8;7-6-4-2-1-3-5-6;1-2/h3-4,6,10H,1-2,5H2;2-5,8H,1H3;1-5,7H;1-2H3. The maximum atomic E-state index is 9.11. The van der Waals surface area contributed by atoms with E-state index in [1.807, 2.05) is 51.1 Å². The Morgan fingerprint density at radius 1 is 0.750 bits per heavy atom. The maximum absolute atomic E-state index is 9.11. The number of aryl methyl sites for hydroxylation is 2. The van der Waals surface area contributed by atoms with Gasteiger partial charge >= 0.3 is 0 Å². The zero-order chi connectivity index (χ0) is 20.8. The Kier molecular flexibility index (Phi) is 10.7. The van der Waals surface area contributed by atoms with Gasteiger partial charge in [-0.05, 0) is 55.2 Å². The zero-order valence-electron chi connectivity index (χ0n) is 16.8. The van der Waals surface area contributed by atoms with Crippen molar-refractivity contribution < 1.29 is 20.1 Å². The van der Waals surface area contributed by atoms with Crippen molar-refractivity contribution in [3.8, 4) is 23.0 Å². The molecule has 1 aliphatic heterocycles. The van der Waals surface area contributed by atoms with Gasteiger partial charge in [0, 0.05) is 6.07 Å². The second kappa shape index (κ2) is 13.1. The van der Waals surface area contributed by atoms with Crippen LogP contribution in [0.15, 0.2) is 72.8 Å². The lowest BCUT2D eigenvalue weighted by Crippen LogP contribution is -2.07. The summed E-state index contributed by atoms with van der Waals surface area (Å²) in [7, 11) is 0. The van der Waals surface area contributed by atoms with Crippen LogP contribution in [0, 0.1) is 6.92 Å². The van der Waals surface area contributed by atoms with Gasteiger partial charge < -0.3 is 20.1 Å². The fourth-order valence-corrected chi connectivity index (χ4v) is 2.32. The average Bonchev–Trinajstić information content (AvgIpc) is 2.73. The van der Waals surface area contributed by atoms with Gasteiger partial charge in [-0.2, -0.15) is 0 Å². The molecule has 3 N–H and O–H groups in total. The van der Waals surface area contributed by atoms with Crippen LogP contribution in [-0.2, 0) is 6.42 Å². The monoisotopic (exact) mass is 382 g/mol. The first-order valence-electron chi connectivity index (χ1n) is 9.49. The molecule has 0 amide bonds. The Hall–Kier alpha value is -3.14. The van der Waals surface area contributed by atoms with Gasteiger partial charge in [-0.25, -0.2) is 0 Å². The van der Waals surface area contributed by atoms with E-state index in [-0.39, 0.29) is 5.75 Å². The van der Waals surface area contributed by atoms with E-state index >= 15 is 0 Å². The molecule has 0 bridgehead atoms. The molecule has 3 aromatic rings. The van der Waals surface area contributed by atoms with Gasteiger partial charge in [0.15, 0.2) is 0 Å². The second-order valence-corrected chi connectivity index (χ2v) is 5.87. The third kappa shape index (κ3) is 8.49. The summed E-state index contributed by atoms with van der Waals surface area (Å²) in [4.78, 5) is 0. The third-order valence-corrected chi connectivity index (χ3v) is 3.77. The SMILES string of the molecule is CC.Cc1ccccc1O.Oc1ccc2c(c1)OCCC2.Oc1ccccc1. The van der Waals surface area contributed by atoms with Crippen LogP contribution in [0.2, 0.25) is 0 Å². The molecule has 1 aliphatic rings. The molecule has 0 saturated heterocycles. The van der Waals surface area contributed by atoms with Crippen molar-refractivity contribution in [2.45, 2.75) is 33.6 Å². The van der Waals surface area contributed by atoms with Crippen LogP contribution in [0.1, 0.15) is 31.4 Å². The predicted octanol–water partition coefficient (Wildman–Crippen LogP) is 5.84. The van der Waals surface area contributed by atoms with Gasteiger partial charge in [0.25, 0.3) is 0 Å². The van der Waals surface area contributed by atoms with Crippen LogP contribution < -0.4 is 4.74 Å². The van der Waals surface area contributed by atoms with Crippen LogP contribution >= 0.6 is 0 Å². The van der Waals surface area contributed by atoms with Crippen LogP contribution in [0.5, 0.6) is 23.0 Å². The number of ether oxygens (including phenoxy) is 1. The fourth-order valence-electron chi connectivity index (χ4n) is 2.32. The van der Waals surface area contributed by atoms with E-state index in [0.717, 1.165) is 30.8 Å². The minimum atomic E-state index is 0.283. The fraction of sp³-hybridized carbons (Fsp3) is 0.250.